The Bertz CT molecular complexity index is 1500. The molecule has 2 aromatic heterocycles. The van der Waals surface area contributed by atoms with Gasteiger partial charge in [0.15, 0.2) is 11.9 Å². The van der Waals surface area contributed by atoms with Gasteiger partial charge in [-0.05, 0) is 44.5 Å². The number of carbonyl (C=O) groups excluding carboxylic acids is 2. The molecule has 0 saturated carbocycles. The number of hydrogen-bond donors (Lipinski definition) is 0. The van der Waals surface area contributed by atoms with Gasteiger partial charge in [0.2, 0.25) is 0 Å². The summed E-state index contributed by atoms with van der Waals surface area (Å²) < 4.78 is 7.03. The van der Waals surface area contributed by atoms with Crippen LogP contribution in [0.3, 0.4) is 0 Å². The molecule has 1 amide bonds. The largest absolute Gasteiger partial charge is 0.479 e. The number of nitrogens with zero attached hydrogens (tertiary/aromatic N) is 3. The van der Waals surface area contributed by atoms with Gasteiger partial charge in [0, 0.05) is 23.6 Å². The van der Waals surface area contributed by atoms with E-state index < -0.39 is 12.1 Å². The molecule has 8 heteroatoms. The van der Waals surface area contributed by atoms with Gasteiger partial charge in [-0.2, -0.15) is 0 Å². The Morgan fingerprint density at radius 1 is 1.15 bits per heavy atom. The number of rotatable bonds is 4. The van der Waals surface area contributed by atoms with Crippen LogP contribution in [0.5, 0.6) is 5.75 Å². The summed E-state index contributed by atoms with van der Waals surface area (Å²) in [5.41, 5.74) is 3.54. The fourth-order valence-corrected chi connectivity index (χ4v) is 5.11. The van der Waals surface area contributed by atoms with Crippen LogP contribution in [0, 0.1) is 6.92 Å². The molecule has 0 bridgehead atoms. The van der Waals surface area contributed by atoms with Crippen molar-refractivity contribution in [2.45, 2.75) is 32.9 Å². The van der Waals surface area contributed by atoms with E-state index in [4.69, 9.17) is 4.74 Å². The van der Waals surface area contributed by atoms with Crippen LogP contribution in [0.15, 0.2) is 59.0 Å². The quantitative estimate of drug-likeness (QED) is 0.404. The first-order chi connectivity index (χ1) is 16.3. The maximum Gasteiger partial charge on any atom is 0.267 e. The van der Waals surface area contributed by atoms with E-state index in [1.54, 1.807) is 39.1 Å². The van der Waals surface area contributed by atoms with Crippen molar-refractivity contribution in [2.75, 3.05) is 11.9 Å². The van der Waals surface area contributed by atoms with E-state index in [-0.39, 0.29) is 17.2 Å². The maximum absolute atomic E-state index is 13.5. The first-order valence-corrected chi connectivity index (χ1v) is 11.8. The molecule has 2 unspecified atom stereocenters. The minimum absolute atomic E-state index is 0.183. The third kappa shape index (κ3) is 3.51. The third-order valence-electron chi connectivity index (χ3n) is 6.27. The second-order valence-electron chi connectivity index (χ2n) is 8.53. The number of thiophene rings is 1. The van der Waals surface area contributed by atoms with Gasteiger partial charge in [-0.3, -0.25) is 19.0 Å². The van der Waals surface area contributed by atoms with E-state index in [1.807, 2.05) is 36.6 Å². The minimum atomic E-state index is -0.780. The first kappa shape index (κ1) is 22.0. The van der Waals surface area contributed by atoms with Crippen LogP contribution in [0.4, 0.5) is 5.69 Å². The predicted molar refractivity (Wildman–Crippen MR) is 133 cm³/mol. The summed E-state index contributed by atoms with van der Waals surface area (Å²) in [5, 5.41) is 2.44. The first-order valence-electron chi connectivity index (χ1n) is 10.9. The van der Waals surface area contributed by atoms with Gasteiger partial charge in [0.25, 0.3) is 11.5 Å². The van der Waals surface area contributed by atoms with Crippen LogP contribution < -0.4 is 15.2 Å². The molecule has 1 aliphatic heterocycles. The molecule has 4 aromatic rings. The highest BCUT2D eigenvalue weighted by atomic mass is 32.1. The molecule has 5 rings (SSSR count). The number of Topliss-reactive ketones (excluding diaryl/α,β-unsaturated/α-hetero) is 1. The van der Waals surface area contributed by atoms with E-state index >= 15 is 0 Å². The minimum Gasteiger partial charge on any atom is -0.479 e. The van der Waals surface area contributed by atoms with Gasteiger partial charge in [-0.15, -0.1) is 11.3 Å². The van der Waals surface area contributed by atoms with Crippen molar-refractivity contribution in [1.29, 1.82) is 0 Å². The number of aromatic nitrogens is 2. The van der Waals surface area contributed by atoms with Crippen LogP contribution in [-0.4, -0.2) is 34.4 Å². The van der Waals surface area contributed by atoms with Gasteiger partial charge in [0.05, 0.1) is 23.4 Å². The molecular weight excluding hydrogens is 450 g/mol. The van der Waals surface area contributed by atoms with Crippen molar-refractivity contribution in [2.24, 2.45) is 0 Å². The molecule has 0 fully saturated rings. The highest BCUT2D eigenvalue weighted by Gasteiger charge is 2.30. The van der Waals surface area contributed by atoms with Crippen molar-refractivity contribution in [3.63, 3.8) is 0 Å². The lowest BCUT2D eigenvalue weighted by atomic mass is 10.0. The Balaban J connectivity index is 1.53. The molecule has 0 radical (unpaired) electrons. The summed E-state index contributed by atoms with van der Waals surface area (Å²) in [6.45, 7) is 5.38. The molecule has 172 valence electrons. The zero-order valence-corrected chi connectivity index (χ0v) is 20.1. The number of hydrogen-bond acceptors (Lipinski definition) is 6. The third-order valence-corrected chi connectivity index (χ3v) is 7.15. The van der Waals surface area contributed by atoms with Crippen molar-refractivity contribution >= 4 is 38.9 Å². The van der Waals surface area contributed by atoms with Crippen LogP contribution in [-0.2, 0) is 4.79 Å². The number of benzene rings is 2. The number of aryl methyl sites for hydroxylation is 1. The second kappa shape index (κ2) is 8.22. The number of likely N-dealkylation sites (N-methyl/N-ethyl adjacent to an activating group) is 1. The summed E-state index contributed by atoms with van der Waals surface area (Å²) in [6.07, 6.45) is 0.851. The van der Waals surface area contributed by atoms with Crippen molar-refractivity contribution in [3.05, 3.63) is 75.7 Å². The molecule has 0 aliphatic carbocycles. The van der Waals surface area contributed by atoms with Crippen LogP contribution in [0.1, 0.15) is 35.8 Å². The molecule has 7 nitrogen and oxygen atoms in total. The molecule has 2 atom stereocenters. The number of amides is 1. The summed E-state index contributed by atoms with van der Waals surface area (Å²) in [7, 11) is 1.66. The van der Waals surface area contributed by atoms with Gasteiger partial charge in [-0.1, -0.05) is 29.8 Å². The standard InChI is InChI=1S/C26H23N3O4S/c1-14-5-7-17(8-6-14)19-12-34-24-22(19)26(32)29(13-27-24)15(2)23(30)18-9-10-21-20(11-18)28(4)25(31)16(3)33-21/h5-13,15-16H,1-4H3. The fraction of sp³-hybridized carbons (Fsp3) is 0.231. The molecule has 34 heavy (non-hydrogen) atoms. The Hall–Kier alpha value is -3.78. The predicted octanol–water partition coefficient (Wildman–Crippen LogP) is 4.62. The number of anilines is 1. The highest BCUT2D eigenvalue weighted by molar-refractivity contribution is 7.17. The monoisotopic (exact) mass is 473 g/mol. The molecular formula is C26H23N3O4S. The van der Waals surface area contributed by atoms with Crippen molar-refractivity contribution in [1.82, 2.24) is 9.55 Å². The zero-order chi connectivity index (χ0) is 24.1. The second-order valence-corrected chi connectivity index (χ2v) is 9.39. The van der Waals surface area contributed by atoms with E-state index in [0.717, 1.165) is 16.7 Å². The summed E-state index contributed by atoms with van der Waals surface area (Å²) in [5.74, 6) is 0.106. The van der Waals surface area contributed by atoms with E-state index in [9.17, 15) is 14.4 Å². The zero-order valence-electron chi connectivity index (χ0n) is 19.2. The van der Waals surface area contributed by atoms with Gasteiger partial charge in [0.1, 0.15) is 10.6 Å². The average Bonchev–Trinajstić information content (AvgIpc) is 3.27. The molecule has 1 aliphatic rings. The Morgan fingerprint density at radius 3 is 2.62 bits per heavy atom. The summed E-state index contributed by atoms with van der Waals surface area (Å²) in [4.78, 5) is 45.8. The van der Waals surface area contributed by atoms with Gasteiger partial charge in [-0.25, -0.2) is 4.98 Å². The van der Waals surface area contributed by atoms with Crippen LogP contribution in [0.25, 0.3) is 21.3 Å². The van der Waals surface area contributed by atoms with Gasteiger partial charge < -0.3 is 9.64 Å². The lowest BCUT2D eigenvalue weighted by Gasteiger charge is -2.30. The molecule has 0 spiro atoms. The SMILES string of the molecule is Cc1ccc(-c2csc3ncn(C(C)C(=O)c4ccc5c(c4)N(C)C(=O)C(C)O5)c(=O)c23)cc1. The number of ether oxygens (including phenoxy) is 1. The van der Waals surface area contributed by atoms with E-state index in [0.29, 0.717) is 27.2 Å². The van der Waals surface area contributed by atoms with E-state index in [1.165, 1.54) is 27.1 Å². The van der Waals surface area contributed by atoms with E-state index in [2.05, 4.69) is 4.98 Å². The Labute approximate surface area is 200 Å². The number of ketones is 1. The Morgan fingerprint density at radius 2 is 1.88 bits per heavy atom. The normalized spacial score (nSPS) is 16.3. The van der Waals surface area contributed by atoms with Crippen LogP contribution >= 0.6 is 11.3 Å². The summed E-state index contributed by atoms with van der Waals surface area (Å²) in [6, 6.07) is 12.2. The summed E-state index contributed by atoms with van der Waals surface area (Å²) >= 11 is 1.41. The maximum atomic E-state index is 13.5. The van der Waals surface area contributed by atoms with Crippen LogP contribution in [0.2, 0.25) is 0 Å². The fourth-order valence-electron chi connectivity index (χ4n) is 4.20. The molecule has 0 saturated heterocycles. The van der Waals surface area contributed by atoms with Crippen molar-refractivity contribution in [3.8, 4) is 16.9 Å². The number of carbonyl (C=O) groups is 2. The molecule has 2 aromatic carbocycles. The smallest absolute Gasteiger partial charge is 0.267 e. The van der Waals surface area contributed by atoms with Gasteiger partial charge >= 0.3 is 0 Å². The molecule has 3 heterocycles. The van der Waals surface area contributed by atoms with Crippen molar-refractivity contribution < 1.29 is 14.3 Å². The lowest BCUT2D eigenvalue weighted by Crippen LogP contribution is -2.42. The highest BCUT2D eigenvalue weighted by Crippen LogP contribution is 2.35. The lowest BCUT2D eigenvalue weighted by molar-refractivity contribution is -0.125. The number of fused-ring (bicyclic) bond motifs is 2. The Kier molecular flexibility index (Phi) is 5.32. The molecule has 0 N–H and O–H groups in total. The average molecular weight is 474 g/mol. The topological polar surface area (TPSA) is 81.5 Å².